The molecule has 25 heavy (non-hydrogen) atoms. The van der Waals surface area contributed by atoms with Crippen LogP contribution in [0.3, 0.4) is 0 Å². The molecule has 0 spiro atoms. The highest BCUT2D eigenvalue weighted by atomic mass is 16.6. The standard InChI is InChI=1S/C17H12N6O2/c1-2-11-7-16(21-10-12(9-19-21)23(24)25)22-15-6-4-3-5-14(15)20-17(22)13(11)8-18/h3-7,9-10H,2H2,1H3. The molecule has 3 aromatic heterocycles. The number of hydrogen-bond acceptors (Lipinski definition) is 5. The van der Waals surface area contributed by atoms with Gasteiger partial charge in [-0.25, -0.2) is 9.67 Å². The number of benzene rings is 1. The number of nitro groups is 1. The summed E-state index contributed by atoms with van der Waals surface area (Å²) in [5, 5.41) is 24.7. The summed E-state index contributed by atoms with van der Waals surface area (Å²) < 4.78 is 3.25. The van der Waals surface area contributed by atoms with Crippen LogP contribution in [0.2, 0.25) is 0 Å². The van der Waals surface area contributed by atoms with Crippen molar-refractivity contribution in [2.75, 3.05) is 0 Å². The molecule has 0 unspecified atom stereocenters. The molecule has 0 bridgehead atoms. The smallest absolute Gasteiger partial charge is 0.276 e. The fourth-order valence-corrected chi connectivity index (χ4v) is 2.96. The average Bonchev–Trinajstić information content (AvgIpc) is 3.25. The van der Waals surface area contributed by atoms with Crippen LogP contribution in [0.25, 0.3) is 22.5 Å². The van der Waals surface area contributed by atoms with E-state index >= 15 is 0 Å². The van der Waals surface area contributed by atoms with E-state index in [1.54, 1.807) is 0 Å². The SMILES string of the molecule is CCc1cc(-n2cc([N+](=O)[O-])cn2)n2c(nc3ccccc32)c1C#N. The quantitative estimate of drug-likeness (QED) is 0.424. The molecule has 3 heterocycles. The van der Waals surface area contributed by atoms with Gasteiger partial charge in [0.05, 0.1) is 21.5 Å². The minimum atomic E-state index is -0.489. The number of hydrogen-bond donors (Lipinski definition) is 0. The first kappa shape index (κ1) is 14.8. The van der Waals surface area contributed by atoms with Crippen LogP contribution >= 0.6 is 0 Å². The van der Waals surface area contributed by atoms with Crippen LogP contribution in [0.4, 0.5) is 5.69 Å². The lowest BCUT2D eigenvalue weighted by Gasteiger charge is -2.10. The molecule has 4 aromatic rings. The Kier molecular flexibility index (Phi) is 3.22. The number of pyridine rings is 1. The third-order valence-corrected chi connectivity index (χ3v) is 4.15. The summed E-state index contributed by atoms with van der Waals surface area (Å²) >= 11 is 0. The fourth-order valence-electron chi connectivity index (χ4n) is 2.96. The molecule has 0 fully saturated rings. The summed E-state index contributed by atoms with van der Waals surface area (Å²) in [5.41, 5.74) is 3.30. The molecular formula is C17H12N6O2. The predicted octanol–water partition coefficient (Wildman–Crippen LogP) is 3.02. The summed E-state index contributed by atoms with van der Waals surface area (Å²) in [7, 11) is 0. The van der Waals surface area contributed by atoms with Crippen molar-refractivity contribution in [3.8, 4) is 11.9 Å². The minimum Gasteiger partial charge on any atom is -0.276 e. The lowest BCUT2D eigenvalue weighted by atomic mass is 10.1. The van der Waals surface area contributed by atoms with Crippen LogP contribution in [0.15, 0.2) is 42.7 Å². The molecule has 0 amide bonds. The first-order valence-electron chi connectivity index (χ1n) is 7.66. The Labute approximate surface area is 141 Å². The maximum Gasteiger partial charge on any atom is 0.307 e. The van der Waals surface area contributed by atoms with E-state index in [0.29, 0.717) is 23.4 Å². The highest BCUT2D eigenvalue weighted by Gasteiger charge is 2.19. The van der Waals surface area contributed by atoms with Gasteiger partial charge in [0.15, 0.2) is 5.65 Å². The highest BCUT2D eigenvalue weighted by Crippen LogP contribution is 2.27. The predicted molar refractivity (Wildman–Crippen MR) is 90.6 cm³/mol. The van der Waals surface area contributed by atoms with Crippen LogP contribution in [-0.4, -0.2) is 24.1 Å². The molecule has 0 atom stereocenters. The van der Waals surface area contributed by atoms with Crippen LogP contribution in [0, 0.1) is 21.4 Å². The molecule has 122 valence electrons. The van der Waals surface area contributed by atoms with Gasteiger partial charge in [-0.2, -0.15) is 10.4 Å². The zero-order valence-corrected chi connectivity index (χ0v) is 13.2. The third-order valence-electron chi connectivity index (χ3n) is 4.15. The lowest BCUT2D eigenvalue weighted by Crippen LogP contribution is -2.06. The summed E-state index contributed by atoms with van der Waals surface area (Å²) in [6, 6.07) is 11.6. The number of nitriles is 1. The van der Waals surface area contributed by atoms with Crippen molar-refractivity contribution in [3.05, 3.63) is 64.0 Å². The van der Waals surface area contributed by atoms with E-state index < -0.39 is 4.92 Å². The van der Waals surface area contributed by atoms with Crippen molar-refractivity contribution in [1.82, 2.24) is 19.2 Å². The number of rotatable bonds is 3. The monoisotopic (exact) mass is 332 g/mol. The number of para-hydroxylation sites is 2. The Morgan fingerprint density at radius 3 is 2.84 bits per heavy atom. The second-order valence-electron chi connectivity index (χ2n) is 5.53. The molecule has 0 aliphatic carbocycles. The van der Waals surface area contributed by atoms with Gasteiger partial charge in [-0.3, -0.25) is 14.5 Å². The van der Waals surface area contributed by atoms with Crippen LogP contribution in [0.1, 0.15) is 18.1 Å². The van der Waals surface area contributed by atoms with Crippen molar-refractivity contribution in [1.29, 1.82) is 5.26 Å². The summed E-state index contributed by atoms with van der Waals surface area (Å²) in [5.74, 6) is 0.604. The molecule has 0 N–H and O–H groups in total. The van der Waals surface area contributed by atoms with E-state index in [2.05, 4.69) is 16.2 Å². The van der Waals surface area contributed by atoms with Gasteiger partial charge in [0, 0.05) is 0 Å². The Morgan fingerprint density at radius 1 is 1.36 bits per heavy atom. The average molecular weight is 332 g/mol. The molecule has 0 aliphatic heterocycles. The molecule has 0 radical (unpaired) electrons. The van der Waals surface area contributed by atoms with E-state index in [9.17, 15) is 15.4 Å². The molecular weight excluding hydrogens is 320 g/mol. The molecule has 8 heteroatoms. The Balaban J connectivity index is 2.15. The fraction of sp³-hybridized carbons (Fsp3) is 0.118. The van der Waals surface area contributed by atoms with Crippen LogP contribution < -0.4 is 0 Å². The molecule has 1 aromatic carbocycles. The molecule has 4 rings (SSSR count). The van der Waals surface area contributed by atoms with Crippen molar-refractivity contribution in [3.63, 3.8) is 0 Å². The van der Waals surface area contributed by atoms with E-state index in [4.69, 9.17) is 0 Å². The number of nitrogens with zero attached hydrogens (tertiary/aromatic N) is 6. The largest absolute Gasteiger partial charge is 0.307 e. The summed E-state index contributed by atoms with van der Waals surface area (Å²) in [6.07, 6.45) is 3.20. The van der Waals surface area contributed by atoms with Gasteiger partial charge in [0.1, 0.15) is 24.3 Å². The zero-order valence-electron chi connectivity index (χ0n) is 13.2. The normalized spacial score (nSPS) is 11.0. The van der Waals surface area contributed by atoms with E-state index in [1.165, 1.54) is 17.1 Å². The Hall–Kier alpha value is -3.73. The van der Waals surface area contributed by atoms with Crippen LogP contribution in [0.5, 0.6) is 0 Å². The topological polar surface area (TPSA) is 102 Å². The number of aryl methyl sites for hydroxylation is 1. The summed E-state index contributed by atoms with van der Waals surface area (Å²) in [4.78, 5) is 15.1. The van der Waals surface area contributed by atoms with Gasteiger partial charge < -0.3 is 0 Å². The van der Waals surface area contributed by atoms with Gasteiger partial charge in [-0.1, -0.05) is 19.1 Å². The second kappa shape index (κ2) is 5.42. The Morgan fingerprint density at radius 2 is 2.16 bits per heavy atom. The second-order valence-corrected chi connectivity index (χ2v) is 5.53. The van der Waals surface area contributed by atoms with Gasteiger partial charge in [0.25, 0.3) is 0 Å². The maximum absolute atomic E-state index is 11.0. The zero-order chi connectivity index (χ0) is 17.6. The molecule has 0 aliphatic rings. The molecule has 0 saturated carbocycles. The van der Waals surface area contributed by atoms with E-state index in [1.807, 2.05) is 41.7 Å². The van der Waals surface area contributed by atoms with E-state index in [-0.39, 0.29) is 5.69 Å². The van der Waals surface area contributed by atoms with Gasteiger partial charge >= 0.3 is 5.69 Å². The number of fused-ring (bicyclic) bond motifs is 3. The van der Waals surface area contributed by atoms with Crippen molar-refractivity contribution in [2.45, 2.75) is 13.3 Å². The van der Waals surface area contributed by atoms with E-state index in [0.717, 1.165) is 16.6 Å². The summed E-state index contributed by atoms with van der Waals surface area (Å²) in [6.45, 7) is 1.95. The first-order chi connectivity index (χ1) is 12.1. The number of aromatic nitrogens is 4. The molecule has 8 nitrogen and oxygen atoms in total. The van der Waals surface area contributed by atoms with Gasteiger partial charge in [-0.05, 0) is 30.2 Å². The number of imidazole rings is 1. The third kappa shape index (κ3) is 2.14. The molecule has 0 saturated heterocycles. The maximum atomic E-state index is 11.0. The first-order valence-corrected chi connectivity index (χ1v) is 7.66. The highest BCUT2D eigenvalue weighted by molar-refractivity contribution is 5.84. The minimum absolute atomic E-state index is 0.0972. The van der Waals surface area contributed by atoms with Crippen LogP contribution in [-0.2, 0) is 6.42 Å². The van der Waals surface area contributed by atoms with Gasteiger partial charge in [0.2, 0.25) is 0 Å². The Bertz CT molecular complexity index is 1180. The van der Waals surface area contributed by atoms with Gasteiger partial charge in [-0.15, -0.1) is 0 Å². The lowest BCUT2D eigenvalue weighted by molar-refractivity contribution is -0.384. The van der Waals surface area contributed by atoms with Crippen molar-refractivity contribution in [2.24, 2.45) is 0 Å². The van der Waals surface area contributed by atoms with Crippen molar-refractivity contribution < 1.29 is 4.92 Å². The van der Waals surface area contributed by atoms with Crippen molar-refractivity contribution >= 4 is 22.4 Å².